The zero-order valence-corrected chi connectivity index (χ0v) is 10.4. The topological polar surface area (TPSA) is 29.5 Å². The molecule has 1 N–H and O–H groups in total. The summed E-state index contributed by atoms with van der Waals surface area (Å²) in [5, 5.41) is 9.97. The molecular weight excluding hydrogens is 220 g/mol. The largest absolute Gasteiger partial charge is 0.503 e. The van der Waals surface area contributed by atoms with Gasteiger partial charge in [0.15, 0.2) is 11.5 Å². The second-order valence-electron chi connectivity index (χ2n) is 4.18. The lowest BCUT2D eigenvalue weighted by Crippen LogP contribution is -2.19. The summed E-state index contributed by atoms with van der Waals surface area (Å²) in [5.74, 6) is 0.930. The molecule has 0 radical (unpaired) electrons. The van der Waals surface area contributed by atoms with Crippen LogP contribution in [0.1, 0.15) is 32.1 Å². The predicted octanol–water partition coefficient (Wildman–Crippen LogP) is 3.83. The standard InChI is InChI=1S/C13H18O2S/c1-16-12-9-5-8-11(13(12)14)15-10-6-3-2-4-7-10/h5,8-10,14H,2-4,6-7H2,1H3. The van der Waals surface area contributed by atoms with E-state index < -0.39 is 0 Å². The summed E-state index contributed by atoms with van der Waals surface area (Å²) in [4.78, 5) is 0.883. The van der Waals surface area contributed by atoms with Gasteiger partial charge in [-0.25, -0.2) is 0 Å². The monoisotopic (exact) mass is 238 g/mol. The van der Waals surface area contributed by atoms with E-state index in [1.165, 1.54) is 19.3 Å². The molecule has 1 saturated carbocycles. The van der Waals surface area contributed by atoms with Gasteiger partial charge in [-0.1, -0.05) is 12.5 Å². The van der Waals surface area contributed by atoms with Gasteiger partial charge < -0.3 is 9.84 Å². The van der Waals surface area contributed by atoms with E-state index >= 15 is 0 Å². The minimum atomic E-state index is 0.289. The van der Waals surface area contributed by atoms with Crippen LogP contribution in [0.4, 0.5) is 0 Å². The summed E-state index contributed by atoms with van der Waals surface area (Å²) >= 11 is 1.54. The van der Waals surface area contributed by atoms with Gasteiger partial charge in [-0.05, 0) is 44.1 Å². The maximum absolute atomic E-state index is 9.97. The SMILES string of the molecule is CSc1cccc(OC2CCCCC2)c1O. The Morgan fingerprint density at radius 1 is 1.25 bits per heavy atom. The molecule has 1 fully saturated rings. The van der Waals surface area contributed by atoms with Gasteiger partial charge in [0, 0.05) is 0 Å². The summed E-state index contributed by atoms with van der Waals surface area (Å²) in [6, 6.07) is 5.70. The van der Waals surface area contributed by atoms with Crippen molar-refractivity contribution in [3.05, 3.63) is 18.2 Å². The van der Waals surface area contributed by atoms with Crippen LogP contribution in [-0.4, -0.2) is 17.5 Å². The third-order valence-corrected chi connectivity index (χ3v) is 3.80. The Balaban J connectivity index is 2.08. The molecule has 0 heterocycles. The first-order valence-electron chi connectivity index (χ1n) is 5.84. The van der Waals surface area contributed by atoms with Crippen LogP contribution in [0.3, 0.4) is 0 Å². The average molecular weight is 238 g/mol. The smallest absolute Gasteiger partial charge is 0.171 e. The lowest BCUT2D eigenvalue weighted by Gasteiger charge is -2.23. The molecule has 1 aliphatic carbocycles. The van der Waals surface area contributed by atoms with E-state index in [2.05, 4.69) is 0 Å². The molecule has 0 aliphatic heterocycles. The van der Waals surface area contributed by atoms with Crippen molar-refractivity contribution in [2.45, 2.75) is 43.1 Å². The van der Waals surface area contributed by atoms with Gasteiger partial charge in [-0.15, -0.1) is 11.8 Å². The fraction of sp³-hybridized carbons (Fsp3) is 0.538. The molecule has 1 aromatic carbocycles. The van der Waals surface area contributed by atoms with Gasteiger partial charge in [0.2, 0.25) is 0 Å². The maximum Gasteiger partial charge on any atom is 0.171 e. The van der Waals surface area contributed by atoms with Crippen molar-refractivity contribution in [3.8, 4) is 11.5 Å². The molecule has 0 saturated heterocycles. The van der Waals surface area contributed by atoms with Gasteiger partial charge in [0.1, 0.15) is 0 Å². The van der Waals surface area contributed by atoms with E-state index in [0.29, 0.717) is 11.5 Å². The van der Waals surface area contributed by atoms with Crippen LogP contribution in [0.25, 0.3) is 0 Å². The van der Waals surface area contributed by atoms with Crippen molar-refractivity contribution >= 4 is 11.8 Å². The van der Waals surface area contributed by atoms with E-state index in [1.54, 1.807) is 11.8 Å². The van der Waals surface area contributed by atoms with Crippen molar-refractivity contribution in [3.63, 3.8) is 0 Å². The molecule has 0 atom stereocenters. The zero-order chi connectivity index (χ0) is 11.4. The van der Waals surface area contributed by atoms with Gasteiger partial charge in [0.25, 0.3) is 0 Å². The van der Waals surface area contributed by atoms with Crippen LogP contribution >= 0.6 is 11.8 Å². The van der Waals surface area contributed by atoms with Crippen molar-refractivity contribution in [2.75, 3.05) is 6.26 Å². The lowest BCUT2D eigenvalue weighted by molar-refractivity contribution is 0.149. The van der Waals surface area contributed by atoms with Crippen LogP contribution in [0.15, 0.2) is 23.1 Å². The molecule has 16 heavy (non-hydrogen) atoms. The Morgan fingerprint density at radius 2 is 2.00 bits per heavy atom. The second kappa shape index (κ2) is 5.48. The Labute approximate surface area is 101 Å². The summed E-state index contributed by atoms with van der Waals surface area (Å²) < 4.78 is 5.87. The molecule has 0 aromatic heterocycles. The molecule has 0 spiro atoms. The molecule has 1 aromatic rings. The van der Waals surface area contributed by atoms with E-state index in [1.807, 2.05) is 24.5 Å². The Hall–Kier alpha value is -0.830. The lowest BCUT2D eigenvalue weighted by atomic mass is 9.98. The molecule has 2 nitrogen and oxygen atoms in total. The van der Waals surface area contributed by atoms with Crippen LogP contribution in [0.2, 0.25) is 0 Å². The average Bonchev–Trinajstić information content (AvgIpc) is 2.33. The van der Waals surface area contributed by atoms with Crippen molar-refractivity contribution in [1.29, 1.82) is 0 Å². The summed E-state index contributed by atoms with van der Waals surface area (Å²) in [7, 11) is 0. The first-order valence-corrected chi connectivity index (χ1v) is 7.06. The van der Waals surface area contributed by atoms with Crippen LogP contribution in [0.5, 0.6) is 11.5 Å². The second-order valence-corrected chi connectivity index (χ2v) is 5.03. The molecule has 0 unspecified atom stereocenters. The predicted molar refractivity (Wildman–Crippen MR) is 67.4 cm³/mol. The third-order valence-electron chi connectivity index (χ3n) is 3.03. The number of aromatic hydroxyl groups is 1. The van der Waals surface area contributed by atoms with Crippen LogP contribution in [-0.2, 0) is 0 Å². The fourth-order valence-corrected chi connectivity index (χ4v) is 2.63. The highest BCUT2D eigenvalue weighted by Gasteiger charge is 2.17. The van der Waals surface area contributed by atoms with Gasteiger partial charge in [0.05, 0.1) is 11.0 Å². The van der Waals surface area contributed by atoms with Crippen molar-refractivity contribution in [2.24, 2.45) is 0 Å². The van der Waals surface area contributed by atoms with E-state index in [9.17, 15) is 5.11 Å². The fourth-order valence-electron chi connectivity index (χ4n) is 2.12. The molecule has 2 rings (SSSR count). The number of phenolic OH excluding ortho intramolecular Hbond substituents is 1. The number of para-hydroxylation sites is 1. The number of hydrogen-bond acceptors (Lipinski definition) is 3. The molecule has 0 bridgehead atoms. The maximum atomic E-state index is 9.97. The zero-order valence-electron chi connectivity index (χ0n) is 9.61. The highest BCUT2D eigenvalue weighted by molar-refractivity contribution is 7.98. The molecule has 0 amide bonds. The van der Waals surface area contributed by atoms with Gasteiger partial charge >= 0.3 is 0 Å². The minimum Gasteiger partial charge on any atom is -0.503 e. The van der Waals surface area contributed by atoms with Crippen LogP contribution in [0, 0.1) is 0 Å². The summed E-state index contributed by atoms with van der Waals surface area (Å²) in [6.07, 6.45) is 8.28. The minimum absolute atomic E-state index is 0.289. The first kappa shape index (κ1) is 11.6. The quantitative estimate of drug-likeness (QED) is 0.812. The number of phenols is 1. The number of rotatable bonds is 3. The number of thioether (sulfide) groups is 1. The van der Waals surface area contributed by atoms with Crippen LogP contribution < -0.4 is 4.74 Å². The summed E-state index contributed by atoms with van der Waals surface area (Å²) in [5.41, 5.74) is 0. The van der Waals surface area contributed by atoms with E-state index in [-0.39, 0.29) is 6.10 Å². The van der Waals surface area contributed by atoms with Crippen molar-refractivity contribution in [1.82, 2.24) is 0 Å². The number of benzene rings is 1. The van der Waals surface area contributed by atoms with Gasteiger partial charge in [-0.2, -0.15) is 0 Å². The molecule has 3 heteroatoms. The normalized spacial score (nSPS) is 17.3. The highest BCUT2D eigenvalue weighted by Crippen LogP contribution is 2.37. The highest BCUT2D eigenvalue weighted by atomic mass is 32.2. The third kappa shape index (κ3) is 2.64. The van der Waals surface area contributed by atoms with Crippen molar-refractivity contribution < 1.29 is 9.84 Å². The van der Waals surface area contributed by atoms with E-state index in [4.69, 9.17) is 4.74 Å². The number of ether oxygens (including phenoxy) is 1. The van der Waals surface area contributed by atoms with E-state index in [0.717, 1.165) is 17.7 Å². The summed E-state index contributed by atoms with van der Waals surface area (Å²) in [6.45, 7) is 0. The first-order chi connectivity index (χ1) is 7.81. The number of hydrogen-bond donors (Lipinski definition) is 1. The Morgan fingerprint density at radius 3 is 2.69 bits per heavy atom. The molecule has 88 valence electrons. The van der Waals surface area contributed by atoms with Gasteiger partial charge in [-0.3, -0.25) is 0 Å². The Kier molecular flexibility index (Phi) is 3.99. The molecule has 1 aliphatic rings. The Bertz CT molecular complexity index is 346. The molecular formula is C13H18O2S.